The van der Waals surface area contributed by atoms with Gasteiger partial charge in [-0.3, -0.25) is 14.4 Å². The largest absolute Gasteiger partial charge is 0.480 e. The molecule has 0 spiro atoms. The van der Waals surface area contributed by atoms with Crippen molar-refractivity contribution in [3.8, 4) is 0 Å². The van der Waals surface area contributed by atoms with Gasteiger partial charge in [0.2, 0.25) is 17.7 Å². The third-order valence-corrected chi connectivity index (χ3v) is 5.45. The highest BCUT2D eigenvalue weighted by atomic mass is 32.2. The molecule has 0 fully saturated rings. The zero-order chi connectivity index (χ0) is 24.0. The Kier molecular flexibility index (Phi) is 15.3. The van der Waals surface area contributed by atoms with Crippen molar-refractivity contribution in [1.29, 1.82) is 0 Å². The summed E-state index contributed by atoms with van der Waals surface area (Å²) in [6.07, 6.45) is 2.33. The molecule has 0 saturated carbocycles. The number of thioether (sulfide) groups is 1. The van der Waals surface area contributed by atoms with E-state index >= 15 is 0 Å². The molecule has 5 unspecified atom stereocenters. The van der Waals surface area contributed by atoms with Crippen LogP contribution in [0.5, 0.6) is 0 Å². The fourth-order valence-electron chi connectivity index (χ4n) is 2.48. The molecule has 0 aromatic rings. The molecular formula is C18H35N5O6S2. The van der Waals surface area contributed by atoms with Crippen LogP contribution in [0.15, 0.2) is 0 Å². The van der Waals surface area contributed by atoms with Gasteiger partial charge in [0.15, 0.2) is 0 Å². The van der Waals surface area contributed by atoms with Crippen molar-refractivity contribution in [2.75, 3.05) is 24.3 Å². The third-order valence-electron chi connectivity index (χ3n) is 4.44. The van der Waals surface area contributed by atoms with Crippen LogP contribution in [-0.2, 0) is 19.2 Å². The fourth-order valence-corrected chi connectivity index (χ4v) is 3.21. The Morgan fingerprint density at radius 3 is 2.00 bits per heavy atom. The number of rotatable bonds is 16. The monoisotopic (exact) mass is 481 g/mol. The van der Waals surface area contributed by atoms with E-state index < -0.39 is 54.0 Å². The van der Waals surface area contributed by atoms with Crippen molar-refractivity contribution < 1.29 is 29.4 Å². The Morgan fingerprint density at radius 1 is 0.968 bits per heavy atom. The number of aliphatic carboxylic acids is 1. The number of aliphatic hydroxyl groups is 1. The predicted molar refractivity (Wildman–Crippen MR) is 123 cm³/mol. The molecule has 31 heavy (non-hydrogen) atoms. The molecule has 0 aromatic heterocycles. The average molecular weight is 482 g/mol. The lowest BCUT2D eigenvalue weighted by Gasteiger charge is -2.25. The maximum atomic E-state index is 12.7. The molecule has 180 valence electrons. The van der Waals surface area contributed by atoms with Crippen molar-refractivity contribution in [3.05, 3.63) is 0 Å². The number of aliphatic hydroxyl groups excluding tert-OH is 1. The molecule has 0 aliphatic rings. The van der Waals surface area contributed by atoms with Crippen LogP contribution in [0.1, 0.15) is 32.6 Å². The molecule has 0 aliphatic carbocycles. The van der Waals surface area contributed by atoms with Gasteiger partial charge in [0.25, 0.3) is 0 Å². The van der Waals surface area contributed by atoms with Crippen LogP contribution < -0.4 is 27.4 Å². The van der Waals surface area contributed by atoms with Crippen molar-refractivity contribution in [2.45, 2.75) is 62.9 Å². The van der Waals surface area contributed by atoms with Crippen LogP contribution in [0.2, 0.25) is 0 Å². The van der Waals surface area contributed by atoms with E-state index in [4.69, 9.17) is 11.5 Å². The first kappa shape index (κ1) is 29.5. The minimum Gasteiger partial charge on any atom is -0.480 e. The number of nitrogens with one attached hydrogen (secondary N) is 3. The number of hydrogen-bond donors (Lipinski definition) is 8. The summed E-state index contributed by atoms with van der Waals surface area (Å²) in [7, 11) is 0. The number of nitrogens with two attached hydrogens (primary N) is 2. The second kappa shape index (κ2) is 16.1. The van der Waals surface area contributed by atoms with Gasteiger partial charge in [-0.2, -0.15) is 24.4 Å². The Morgan fingerprint density at radius 2 is 1.52 bits per heavy atom. The van der Waals surface area contributed by atoms with E-state index in [1.807, 2.05) is 6.26 Å². The van der Waals surface area contributed by atoms with Crippen molar-refractivity contribution in [2.24, 2.45) is 11.5 Å². The van der Waals surface area contributed by atoms with Gasteiger partial charge in [-0.25, -0.2) is 4.79 Å². The normalized spacial score (nSPS) is 15.8. The van der Waals surface area contributed by atoms with Gasteiger partial charge in [-0.1, -0.05) is 0 Å². The van der Waals surface area contributed by atoms with Crippen LogP contribution in [0, 0.1) is 0 Å². The number of carboxylic acid groups (broad SMARTS) is 1. The summed E-state index contributed by atoms with van der Waals surface area (Å²) in [5.41, 5.74) is 11.1. The van der Waals surface area contributed by atoms with Crippen molar-refractivity contribution >= 4 is 48.1 Å². The molecule has 0 radical (unpaired) electrons. The van der Waals surface area contributed by atoms with Gasteiger partial charge in [0.1, 0.15) is 24.2 Å². The molecule has 3 amide bonds. The fraction of sp³-hybridized carbons (Fsp3) is 0.778. The lowest BCUT2D eigenvalue weighted by atomic mass is 10.1. The summed E-state index contributed by atoms with van der Waals surface area (Å²) < 4.78 is 0. The molecular weight excluding hydrogens is 446 g/mol. The van der Waals surface area contributed by atoms with Crippen LogP contribution in [0.3, 0.4) is 0 Å². The highest BCUT2D eigenvalue weighted by molar-refractivity contribution is 7.98. The van der Waals surface area contributed by atoms with Crippen LogP contribution in [-0.4, -0.2) is 88.5 Å². The van der Waals surface area contributed by atoms with Gasteiger partial charge in [0.05, 0.1) is 6.10 Å². The van der Waals surface area contributed by atoms with E-state index in [0.717, 1.165) is 0 Å². The summed E-state index contributed by atoms with van der Waals surface area (Å²) >= 11 is 5.51. The molecule has 0 bridgehead atoms. The molecule has 0 rings (SSSR count). The van der Waals surface area contributed by atoms with Gasteiger partial charge in [-0.15, -0.1) is 0 Å². The zero-order valence-corrected chi connectivity index (χ0v) is 19.6. The number of carbonyl (C=O) groups is 4. The highest BCUT2D eigenvalue weighted by Gasteiger charge is 2.30. The number of thiol groups is 1. The summed E-state index contributed by atoms with van der Waals surface area (Å²) in [6, 6.07) is -4.43. The minimum absolute atomic E-state index is 0.0767. The zero-order valence-electron chi connectivity index (χ0n) is 17.9. The number of hydrogen-bond acceptors (Lipinski definition) is 9. The van der Waals surface area contributed by atoms with Gasteiger partial charge in [-0.05, 0) is 51.2 Å². The quantitative estimate of drug-likeness (QED) is 0.0911. The molecule has 9 N–H and O–H groups in total. The van der Waals surface area contributed by atoms with Gasteiger partial charge < -0.3 is 37.6 Å². The summed E-state index contributed by atoms with van der Waals surface area (Å²) in [6.45, 7) is 1.74. The molecule has 5 atom stereocenters. The third kappa shape index (κ3) is 11.6. The lowest BCUT2D eigenvalue weighted by molar-refractivity contribution is -0.142. The summed E-state index contributed by atoms with van der Waals surface area (Å²) in [5, 5.41) is 26.1. The van der Waals surface area contributed by atoms with Crippen molar-refractivity contribution in [3.63, 3.8) is 0 Å². The molecule has 13 heteroatoms. The molecule has 0 aromatic carbocycles. The first-order valence-electron chi connectivity index (χ1n) is 9.96. The Hall–Kier alpha value is -1.54. The minimum atomic E-state index is -1.23. The lowest BCUT2D eigenvalue weighted by Crippen LogP contribution is -2.58. The Bertz CT molecular complexity index is 596. The van der Waals surface area contributed by atoms with Gasteiger partial charge in [0, 0.05) is 5.75 Å². The first-order valence-corrected chi connectivity index (χ1v) is 12.0. The van der Waals surface area contributed by atoms with E-state index in [1.165, 1.54) is 18.7 Å². The number of carbonyl (C=O) groups excluding carboxylic acids is 3. The Balaban J connectivity index is 5.24. The summed E-state index contributed by atoms with van der Waals surface area (Å²) in [4.78, 5) is 48.8. The maximum Gasteiger partial charge on any atom is 0.326 e. The van der Waals surface area contributed by atoms with E-state index in [9.17, 15) is 29.4 Å². The second-order valence-corrected chi connectivity index (χ2v) is 8.39. The molecule has 0 aliphatic heterocycles. The predicted octanol–water partition coefficient (Wildman–Crippen LogP) is -1.95. The topological polar surface area (TPSA) is 197 Å². The molecule has 11 nitrogen and oxygen atoms in total. The van der Waals surface area contributed by atoms with Crippen molar-refractivity contribution in [1.82, 2.24) is 16.0 Å². The Labute approximate surface area is 192 Å². The van der Waals surface area contributed by atoms with E-state index in [2.05, 4.69) is 28.6 Å². The smallest absolute Gasteiger partial charge is 0.326 e. The highest BCUT2D eigenvalue weighted by Crippen LogP contribution is 2.06. The average Bonchev–Trinajstić information content (AvgIpc) is 2.72. The standard InChI is InChI=1S/C18H35N5O6S2/c1-10(24)14(20)17(27)23-13(9-30)16(26)21-11(5-3-4-7-19)15(25)22-12(18(28)29)6-8-31-2/h10-14,24,30H,3-9,19-20H2,1-2H3,(H,21,26)(H,22,25)(H,23,27)(H,28,29). The maximum absolute atomic E-state index is 12.7. The number of unbranched alkanes of at least 4 members (excludes halogenated alkanes) is 1. The SMILES string of the molecule is CSCCC(NC(=O)C(CCCCN)NC(=O)C(CS)NC(=O)C(N)C(C)O)C(=O)O. The van der Waals surface area contributed by atoms with Crippen LogP contribution >= 0.6 is 24.4 Å². The molecule has 0 heterocycles. The molecule has 0 saturated heterocycles. The number of carboxylic acids is 1. The second-order valence-electron chi connectivity index (χ2n) is 7.04. The number of amides is 3. The van der Waals surface area contributed by atoms with E-state index in [1.54, 1.807) is 0 Å². The van der Waals surface area contributed by atoms with E-state index in [0.29, 0.717) is 25.1 Å². The van der Waals surface area contributed by atoms with Crippen LogP contribution in [0.25, 0.3) is 0 Å². The van der Waals surface area contributed by atoms with Crippen LogP contribution in [0.4, 0.5) is 0 Å². The summed E-state index contributed by atoms with van der Waals surface area (Å²) in [5.74, 6) is -2.75. The van der Waals surface area contributed by atoms with Gasteiger partial charge >= 0.3 is 5.97 Å². The first-order chi connectivity index (χ1) is 14.6. The van der Waals surface area contributed by atoms with E-state index in [-0.39, 0.29) is 18.6 Å².